The first-order valence-corrected chi connectivity index (χ1v) is 12.1. The first kappa shape index (κ1) is 21.6. The number of imide groups is 1. The van der Waals surface area contributed by atoms with Gasteiger partial charge in [-0.25, -0.2) is 9.78 Å². The van der Waals surface area contributed by atoms with Crippen molar-refractivity contribution in [3.8, 4) is 0 Å². The minimum atomic E-state index is -0.596. The van der Waals surface area contributed by atoms with Gasteiger partial charge in [0.15, 0.2) is 5.16 Å². The van der Waals surface area contributed by atoms with E-state index in [-0.39, 0.29) is 5.56 Å². The number of benzene rings is 1. The molecular formula is C22H24N4O3S2. The molecule has 2 heterocycles. The van der Waals surface area contributed by atoms with Crippen molar-refractivity contribution in [2.45, 2.75) is 56.5 Å². The number of hydrogen-bond donors (Lipinski definition) is 2. The van der Waals surface area contributed by atoms with Gasteiger partial charge in [-0.1, -0.05) is 36.9 Å². The van der Waals surface area contributed by atoms with Crippen molar-refractivity contribution in [2.24, 2.45) is 0 Å². The predicted octanol–water partition coefficient (Wildman–Crippen LogP) is 4.19. The standard InChI is InChI=1S/C22H24N4O3S2/c1-3-12-26-20(28)17-15-10-7-11-16(15)31-19(17)25-22(26)30-13(2)18(27)24-21(29)23-14-8-5-4-6-9-14/h4-6,8-9,13H,3,7,10-12H2,1-2H3,(H2,23,24,27,29). The first-order valence-electron chi connectivity index (χ1n) is 10.4. The summed E-state index contributed by atoms with van der Waals surface area (Å²) >= 11 is 2.79. The summed E-state index contributed by atoms with van der Waals surface area (Å²) in [5, 5.41) is 5.66. The maximum absolute atomic E-state index is 13.2. The van der Waals surface area contributed by atoms with Gasteiger partial charge in [0.25, 0.3) is 5.56 Å². The first-order chi connectivity index (χ1) is 15.0. The number of nitrogens with one attached hydrogen (secondary N) is 2. The van der Waals surface area contributed by atoms with Gasteiger partial charge >= 0.3 is 6.03 Å². The van der Waals surface area contributed by atoms with Crippen LogP contribution in [0.1, 0.15) is 37.1 Å². The van der Waals surface area contributed by atoms with Crippen LogP contribution in [0.2, 0.25) is 0 Å². The molecule has 3 amide bonds. The van der Waals surface area contributed by atoms with Crippen LogP contribution in [0.15, 0.2) is 40.3 Å². The topological polar surface area (TPSA) is 93.1 Å². The highest BCUT2D eigenvalue weighted by atomic mass is 32.2. The zero-order valence-corrected chi connectivity index (χ0v) is 19.1. The maximum Gasteiger partial charge on any atom is 0.325 e. The quantitative estimate of drug-likeness (QED) is 0.429. The molecule has 0 saturated carbocycles. The fourth-order valence-corrected chi connectivity index (χ4v) is 5.92. The molecule has 1 aliphatic rings. The van der Waals surface area contributed by atoms with Gasteiger partial charge < -0.3 is 5.32 Å². The number of thiophene rings is 1. The molecule has 2 N–H and O–H groups in total. The Morgan fingerprint density at radius 2 is 2.03 bits per heavy atom. The van der Waals surface area contributed by atoms with Crippen LogP contribution in [0.25, 0.3) is 10.2 Å². The molecule has 0 aliphatic heterocycles. The highest BCUT2D eigenvalue weighted by molar-refractivity contribution is 8.00. The molecule has 2 aromatic heterocycles. The van der Waals surface area contributed by atoms with Gasteiger partial charge in [-0.2, -0.15) is 0 Å². The second-order valence-electron chi connectivity index (χ2n) is 7.46. The van der Waals surface area contributed by atoms with Crippen molar-refractivity contribution in [1.82, 2.24) is 14.9 Å². The van der Waals surface area contributed by atoms with Gasteiger partial charge in [0, 0.05) is 17.1 Å². The number of nitrogens with zero attached hydrogens (tertiary/aromatic N) is 2. The van der Waals surface area contributed by atoms with E-state index >= 15 is 0 Å². The molecule has 0 saturated heterocycles. The molecule has 31 heavy (non-hydrogen) atoms. The van der Waals surface area contributed by atoms with Crippen LogP contribution in [0.5, 0.6) is 0 Å². The van der Waals surface area contributed by atoms with E-state index in [2.05, 4.69) is 10.6 Å². The number of rotatable bonds is 6. The third-order valence-electron chi connectivity index (χ3n) is 5.16. The largest absolute Gasteiger partial charge is 0.325 e. The van der Waals surface area contributed by atoms with E-state index in [1.54, 1.807) is 47.1 Å². The molecule has 0 radical (unpaired) electrons. The molecule has 162 valence electrons. The second-order valence-corrected chi connectivity index (χ2v) is 9.85. The van der Waals surface area contributed by atoms with Crippen molar-refractivity contribution < 1.29 is 9.59 Å². The molecule has 4 rings (SSSR count). The Bertz CT molecular complexity index is 1190. The molecule has 0 spiro atoms. The Hall–Kier alpha value is -2.65. The Labute approximate surface area is 188 Å². The van der Waals surface area contributed by atoms with E-state index in [0.717, 1.165) is 41.5 Å². The fraction of sp³-hybridized carbons (Fsp3) is 0.364. The van der Waals surface area contributed by atoms with Crippen molar-refractivity contribution in [3.05, 3.63) is 51.1 Å². The second kappa shape index (κ2) is 9.23. The Morgan fingerprint density at radius 3 is 2.77 bits per heavy atom. The number of carbonyl (C=O) groups excluding carboxylic acids is 2. The monoisotopic (exact) mass is 456 g/mol. The van der Waals surface area contributed by atoms with Crippen LogP contribution in [-0.2, 0) is 24.2 Å². The minimum absolute atomic E-state index is 0.0248. The number of fused-ring (bicyclic) bond motifs is 3. The van der Waals surface area contributed by atoms with Crippen LogP contribution in [-0.4, -0.2) is 26.7 Å². The van der Waals surface area contributed by atoms with E-state index in [9.17, 15) is 14.4 Å². The predicted molar refractivity (Wildman–Crippen MR) is 125 cm³/mol. The van der Waals surface area contributed by atoms with Gasteiger partial charge in [0.2, 0.25) is 5.91 Å². The van der Waals surface area contributed by atoms with Crippen molar-refractivity contribution >= 4 is 50.9 Å². The SMILES string of the molecule is CCCn1c(SC(C)C(=O)NC(=O)Nc2ccccc2)nc2sc3c(c2c1=O)CCC3. The molecule has 0 fully saturated rings. The van der Waals surface area contributed by atoms with Crippen molar-refractivity contribution in [3.63, 3.8) is 0 Å². The van der Waals surface area contributed by atoms with Gasteiger partial charge in [0.1, 0.15) is 4.83 Å². The number of para-hydroxylation sites is 1. The van der Waals surface area contributed by atoms with Gasteiger partial charge in [0.05, 0.1) is 10.6 Å². The molecular weight excluding hydrogens is 432 g/mol. The van der Waals surface area contributed by atoms with E-state index < -0.39 is 17.2 Å². The van der Waals surface area contributed by atoms with Crippen LogP contribution in [0.3, 0.4) is 0 Å². The van der Waals surface area contributed by atoms with Gasteiger partial charge in [-0.15, -0.1) is 11.3 Å². The summed E-state index contributed by atoms with van der Waals surface area (Å²) in [6.45, 7) is 4.25. The average Bonchev–Trinajstić information content (AvgIpc) is 3.32. The summed E-state index contributed by atoms with van der Waals surface area (Å²) in [6.07, 6.45) is 3.80. The Morgan fingerprint density at radius 1 is 1.26 bits per heavy atom. The maximum atomic E-state index is 13.2. The van der Waals surface area contributed by atoms with E-state index in [1.807, 2.05) is 13.0 Å². The number of hydrogen-bond acceptors (Lipinski definition) is 6. The van der Waals surface area contributed by atoms with Crippen LogP contribution >= 0.6 is 23.1 Å². The average molecular weight is 457 g/mol. The number of thioether (sulfide) groups is 1. The lowest BCUT2D eigenvalue weighted by Gasteiger charge is -2.15. The third-order valence-corrected chi connectivity index (χ3v) is 7.43. The van der Waals surface area contributed by atoms with E-state index in [4.69, 9.17) is 4.98 Å². The summed E-state index contributed by atoms with van der Waals surface area (Å²) in [6, 6.07) is 8.32. The molecule has 1 aliphatic carbocycles. The molecule has 1 aromatic carbocycles. The molecule has 3 aromatic rings. The number of amides is 3. The molecule has 1 unspecified atom stereocenters. The van der Waals surface area contributed by atoms with E-state index in [0.29, 0.717) is 17.4 Å². The summed E-state index contributed by atoms with van der Waals surface area (Å²) in [5.41, 5.74) is 1.73. The number of aryl methyl sites for hydroxylation is 2. The molecule has 7 nitrogen and oxygen atoms in total. The zero-order valence-electron chi connectivity index (χ0n) is 17.4. The van der Waals surface area contributed by atoms with Crippen LogP contribution < -0.4 is 16.2 Å². The summed E-state index contributed by atoms with van der Waals surface area (Å²) in [7, 11) is 0. The lowest BCUT2D eigenvalue weighted by atomic mass is 10.2. The number of aromatic nitrogens is 2. The highest BCUT2D eigenvalue weighted by Gasteiger charge is 2.25. The smallest absolute Gasteiger partial charge is 0.308 e. The third kappa shape index (κ3) is 4.52. The molecule has 1 atom stereocenters. The van der Waals surface area contributed by atoms with Crippen LogP contribution in [0, 0.1) is 0 Å². The van der Waals surface area contributed by atoms with E-state index in [1.165, 1.54) is 16.6 Å². The van der Waals surface area contributed by atoms with Crippen LogP contribution in [0.4, 0.5) is 10.5 Å². The molecule has 9 heteroatoms. The minimum Gasteiger partial charge on any atom is -0.308 e. The summed E-state index contributed by atoms with van der Waals surface area (Å²) < 4.78 is 1.67. The summed E-state index contributed by atoms with van der Waals surface area (Å²) in [4.78, 5) is 44.7. The fourth-order valence-electron chi connectivity index (χ4n) is 3.68. The number of carbonyl (C=O) groups is 2. The van der Waals surface area contributed by atoms with Crippen molar-refractivity contribution in [1.29, 1.82) is 0 Å². The number of urea groups is 1. The molecule has 0 bridgehead atoms. The zero-order chi connectivity index (χ0) is 22.0. The van der Waals surface area contributed by atoms with Gasteiger partial charge in [-0.05, 0) is 50.3 Å². The number of anilines is 1. The Kier molecular flexibility index (Phi) is 6.43. The van der Waals surface area contributed by atoms with Gasteiger partial charge in [-0.3, -0.25) is 19.5 Å². The lowest BCUT2D eigenvalue weighted by Crippen LogP contribution is -2.39. The van der Waals surface area contributed by atoms with Crippen molar-refractivity contribution in [2.75, 3.05) is 5.32 Å². The lowest BCUT2D eigenvalue weighted by molar-refractivity contribution is -0.119. The highest BCUT2D eigenvalue weighted by Crippen LogP contribution is 2.36. The Balaban J connectivity index is 1.53. The normalized spacial score (nSPS) is 13.7. The summed E-state index contributed by atoms with van der Waals surface area (Å²) in [5.74, 6) is -0.440.